The maximum Gasteiger partial charge on any atom is 0.242 e. The Morgan fingerprint density at radius 1 is 1.14 bits per heavy atom. The van der Waals surface area contributed by atoms with Crippen LogP contribution in [0.1, 0.15) is 36.5 Å². The first kappa shape index (κ1) is 20.3. The molecule has 0 saturated carbocycles. The van der Waals surface area contributed by atoms with Gasteiger partial charge in [0.2, 0.25) is 11.8 Å². The lowest BCUT2D eigenvalue weighted by Gasteiger charge is -2.16. The topological polar surface area (TPSA) is 108 Å². The van der Waals surface area contributed by atoms with E-state index in [0.717, 1.165) is 24.0 Å². The van der Waals surface area contributed by atoms with E-state index < -0.39 is 6.04 Å². The second-order valence-corrected chi connectivity index (χ2v) is 7.26. The standard InChI is InChI=1S/C23H26N4O2/c1-15(22(28)26-14-16-7-9-18(10-8-16)21(24)25)27-23(29)20-12-11-19(13-20)17-5-3-2-4-6-17/h2-10,13,15,20H,11-12,14H2,1H3,(H3,24,25)(H,26,28)(H,27,29)/t15-,20+/m0/s1. The molecule has 0 spiro atoms. The molecule has 0 aromatic heterocycles. The molecule has 1 aliphatic carbocycles. The fraction of sp³-hybridized carbons (Fsp3) is 0.261. The van der Waals surface area contributed by atoms with E-state index in [1.165, 1.54) is 5.57 Å². The highest BCUT2D eigenvalue weighted by Crippen LogP contribution is 2.31. The van der Waals surface area contributed by atoms with Gasteiger partial charge in [0, 0.05) is 12.1 Å². The van der Waals surface area contributed by atoms with E-state index in [4.69, 9.17) is 11.1 Å². The monoisotopic (exact) mass is 390 g/mol. The van der Waals surface area contributed by atoms with Crippen LogP contribution in [0, 0.1) is 11.3 Å². The molecule has 2 amide bonds. The van der Waals surface area contributed by atoms with Gasteiger partial charge in [-0.15, -0.1) is 0 Å². The molecule has 1 aliphatic rings. The van der Waals surface area contributed by atoms with Gasteiger partial charge in [-0.2, -0.15) is 0 Å². The summed E-state index contributed by atoms with van der Waals surface area (Å²) in [6.07, 6.45) is 3.62. The summed E-state index contributed by atoms with van der Waals surface area (Å²) >= 11 is 0. The summed E-state index contributed by atoms with van der Waals surface area (Å²) in [7, 11) is 0. The van der Waals surface area contributed by atoms with Gasteiger partial charge in [-0.3, -0.25) is 15.0 Å². The van der Waals surface area contributed by atoms with E-state index in [-0.39, 0.29) is 23.6 Å². The van der Waals surface area contributed by atoms with E-state index in [2.05, 4.69) is 10.6 Å². The lowest BCUT2D eigenvalue weighted by atomic mass is 10.1. The van der Waals surface area contributed by atoms with Crippen LogP contribution < -0.4 is 16.4 Å². The van der Waals surface area contributed by atoms with Gasteiger partial charge in [0.15, 0.2) is 0 Å². The Morgan fingerprint density at radius 2 is 1.83 bits per heavy atom. The molecule has 0 unspecified atom stereocenters. The molecule has 5 N–H and O–H groups in total. The summed E-state index contributed by atoms with van der Waals surface area (Å²) < 4.78 is 0. The number of benzene rings is 2. The second kappa shape index (κ2) is 9.19. The largest absolute Gasteiger partial charge is 0.384 e. The molecule has 6 heteroatoms. The number of carbonyl (C=O) groups is 2. The summed E-state index contributed by atoms with van der Waals surface area (Å²) in [4.78, 5) is 24.9. The Labute approximate surface area is 170 Å². The summed E-state index contributed by atoms with van der Waals surface area (Å²) in [6, 6.07) is 16.5. The predicted molar refractivity (Wildman–Crippen MR) is 114 cm³/mol. The first-order chi connectivity index (χ1) is 13.9. The van der Waals surface area contributed by atoms with Gasteiger partial charge < -0.3 is 16.4 Å². The maximum absolute atomic E-state index is 12.5. The number of hydrogen-bond acceptors (Lipinski definition) is 3. The molecule has 2 atom stereocenters. The zero-order valence-electron chi connectivity index (χ0n) is 16.4. The molecule has 0 fully saturated rings. The zero-order chi connectivity index (χ0) is 20.8. The van der Waals surface area contributed by atoms with Crippen molar-refractivity contribution in [3.05, 3.63) is 77.4 Å². The predicted octanol–water partition coefficient (Wildman–Crippen LogP) is 2.59. The maximum atomic E-state index is 12.5. The van der Waals surface area contributed by atoms with Crippen LogP contribution in [-0.4, -0.2) is 23.7 Å². The Kier molecular flexibility index (Phi) is 6.44. The highest BCUT2D eigenvalue weighted by Gasteiger charge is 2.25. The van der Waals surface area contributed by atoms with Crippen LogP contribution in [0.3, 0.4) is 0 Å². The van der Waals surface area contributed by atoms with Crippen molar-refractivity contribution in [2.24, 2.45) is 11.7 Å². The molecule has 29 heavy (non-hydrogen) atoms. The zero-order valence-corrected chi connectivity index (χ0v) is 16.4. The van der Waals surface area contributed by atoms with Crippen molar-refractivity contribution in [1.29, 1.82) is 5.41 Å². The summed E-state index contributed by atoms with van der Waals surface area (Å²) in [5.41, 5.74) is 9.29. The molecule has 0 bridgehead atoms. The van der Waals surface area contributed by atoms with Crippen LogP contribution in [0.2, 0.25) is 0 Å². The second-order valence-electron chi connectivity index (χ2n) is 7.26. The molecule has 2 aromatic carbocycles. The lowest BCUT2D eigenvalue weighted by molar-refractivity contribution is -0.130. The van der Waals surface area contributed by atoms with E-state index >= 15 is 0 Å². The number of nitrogen functional groups attached to an aromatic ring is 1. The average molecular weight is 390 g/mol. The van der Waals surface area contributed by atoms with Crippen LogP contribution in [0.4, 0.5) is 0 Å². The third kappa shape index (κ3) is 5.31. The van der Waals surface area contributed by atoms with Crippen LogP contribution >= 0.6 is 0 Å². The van der Waals surface area contributed by atoms with E-state index in [1.54, 1.807) is 19.1 Å². The Balaban J connectivity index is 1.49. The summed E-state index contributed by atoms with van der Waals surface area (Å²) in [5, 5.41) is 13.0. The molecular weight excluding hydrogens is 364 g/mol. The van der Waals surface area contributed by atoms with Crippen molar-refractivity contribution in [3.8, 4) is 0 Å². The van der Waals surface area contributed by atoms with Gasteiger partial charge >= 0.3 is 0 Å². The van der Waals surface area contributed by atoms with E-state index in [0.29, 0.717) is 12.1 Å². The molecule has 0 aliphatic heterocycles. The Morgan fingerprint density at radius 3 is 2.48 bits per heavy atom. The van der Waals surface area contributed by atoms with Crippen LogP contribution in [0.15, 0.2) is 60.7 Å². The molecule has 3 rings (SSSR count). The van der Waals surface area contributed by atoms with Crippen molar-refractivity contribution >= 4 is 23.2 Å². The fourth-order valence-corrected chi connectivity index (χ4v) is 3.35. The minimum Gasteiger partial charge on any atom is -0.384 e. The number of nitrogens with one attached hydrogen (secondary N) is 3. The number of nitrogens with two attached hydrogens (primary N) is 1. The van der Waals surface area contributed by atoms with Crippen molar-refractivity contribution in [2.75, 3.05) is 0 Å². The van der Waals surface area contributed by atoms with Crippen molar-refractivity contribution < 1.29 is 9.59 Å². The number of carbonyl (C=O) groups excluding carboxylic acids is 2. The van der Waals surface area contributed by atoms with Crippen molar-refractivity contribution in [1.82, 2.24) is 10.6 Å². The van der Waals surface area contributed by atoms with Gasteiger partial charge in [0.25, 0.3) is 0 Å². The van der Waals surface area contributed by atoms with Crippen molar-refractivity contribution in [2.45, 2.75) is 32.4 Å². The number of rotatable bonds is 7. The van der Waals surface area contributed by atoms with Gasteiger partial charge in [-0.25, -0.2) is 0 Å². The van der Waals surface area contributed by atoms with Crippen molar-refractivity contribution in [3.63, 3.8) is 0 Å². The molecule has 2 aromatic rings. The van der Waals surface area contributed by atoms with Gasteiger partial charge in [0.1, 0.15) is 11.9 Å². The molecule has 0 heterocycles. The normalized spacial score (nSPS) is 16.6. The number of hydrogen-bond donors (Lipinski definition) is 4. The first-order valence-corrected chi connectivity index (χ1v) is 9.71. The van der Waals surface area contributed by atoms with Gasteiger partial charge in [0.05, 0.1) is 5.92 Å². The average Bonchev–Trinajstić information content (AvgIpc) is 3.23. The molecule has 150 valence electrons. The van der Waals surface area contributed by atoms with Crippen LogP contribution in [0.5, 0.6) is 0 Å². The number of amides is 2. The Bertz CT molecular complexity index is 920. The lowest BCUT2D eigenvalue weighted by Crippen LogP contribution is -2.46. The molecule has 6 nitrogen and oxygen atoms in total. The highest BCUT2D eigenvalue weighted by molar-refractivity contribution is 5.95. The van der Waals surface area contributed by atoms with Gasteiger partial charge in [-0.05, 0) is 36.5 Å². The minimum atomic E-state index is -0.617. The molecule has 0 radical (unpaired) electrons. The Hall–Kier alpha value is -3.41. The SMILES string of the molecule is C[C@H](NC(=O)[C@H]1C=C(c2ccccc2)CC1)C(=O)NCc1ccc(C(=N)N)cc1. The highest BCUT2D eigenvalue weighted by atomic mass is 16.2. The van der Waals surface area contributed by atoms with Gasteiger partial charge in [-0.1, -0.05) is 60.7 Å². The molecule has 0 saturated heterocycles. The van der Waals surface area contributed by atoms with E-state index in [1.807, 2.05) is 48.5 Å². The fourth-order valence-electron chi connectivity index (χ4n) is 3.35. The quantitative estimate of drug-likeness (QED) is 0.431. The first-order valence-electron chi connectivity index (χ1n) is 9.71. The molecular formula is C23H26N4O2. The van der Waals surface area contributed by atoms with E-state index in [9.17, 15) is 9.59 Å². The summed E-state index contributed by atoms with van der Waals surface area (Å²) in [6.45, 7) is 2.03. The minimum absolute atomic E-state index is 0.00769. The smallest absolute Gasteiger partial charge is 0.242 e. The number of amidine groups is 1. The van der Waals surface area contributed by atoms with Crippen LogP contribution in [0.25, 0.3) is 5.57 Å². The van der Waals surface area contributed by atoms with Crippen LogP contribution in [-0.2, 0) is 16.1 Å². The summed E-state index contributed by atoms with van der Waals surface area (Å²) in [5.74, 6) is -0.559. The third-order valence-electron chi connectivity index (χ3n) is 5.09. The third-order valence-corrected chi connectivity index (χ3v) is 5.09. The number of allylic oxidation sites excluding steroid dienone is 1.